The standard InChI is InChI=1S/C25H29FIN9O/c1-16-12-30-34-23(16)18-8-17(11-27)9-21(10-18)32-20-3-2-19(28-13-20)14-31-35-25-29-15-22(26)24(33-25)36-4-6-37-7-5-36/h2-3,8-10,13-16,23,30,32,34H,4-7,11-12H2,1H3,(H,29,33,35)/b31-14+. The van der Waals surface area contributed by atoms with Crippen LogP contribution in [0, 0.1) is 11.7 Å². The van der Waals surface area contributed by atoms with Crippen molar-refractivity contribution in [1.82, 2.24) is 25.8 Å². The van der Waals surface area contributed by atoms with Crippen molar-refractivity contribution in [2.24, 2.45) is 11.0 Å². The number of pyridine rings is 1. The summed E-state index contributed by atoms with van der Waals surface area (Å²) in [5, 5.41) is 7.63. The minimum Gasteiger partial charge on any atom is -0.378 e. The van der Waals surface area contributed by atoms with Gasteiger partial charge in [0.25, 0.3) is 0 Å². The fourth-order valence-electron chi connectivity index (χ4n) is 4.34. The molecule has 37 heavy (non-hydrogen) atoms. The molecule has 0 aliphatic carbocycles. The molecule has 4 N–H and O–H groups in total. The molecule has 2 saturated heterocycles. The van der Waals surface area contributed by atoms with Gasteiger partial charge in [0, 0.05) is 29.7 Å². The fourth-order valence-corrected chi connectivity index (χ4v) is 4.78. The summed E-state index contributed by atoms with van der Waals surface area (Å²) in [4.78, 5) is 14.5. The number of hydrazine groups is 1. The highest BCUT2D eigenvalue weighted by Crippen LogP contribution is 2.29. The van der Waals surface area contributed by atoms with Crippen molar-refractivity contribution in [2.45, 2.75) is 17.4 Å². The van der Waals surface area contributed by atoms with Gasteiger partial charge in [0.15, 0.2) is 11.6 Å². The molecular weight excluding hydrogens is 588 g/mol. The van der Waals surface area contributed by atoms with Crippen LogP contribution in [0.2, 0.25) is 0 Å². The molecule has 4 heterocycles. The third-order valence-electron chi connectivity index (χ3n) is 6.25. The molecule has 0 spiro atoms. The lowest BCUT2D eigenvalue weighted by Crippen LogP contribution is -2.37. The zero-order chi connectivity index (χ0) is 25.6. The van der Waals surface area contributed by atoms with E-state index in [2.05, 4.69) is 89.4 Å². The zero-order valence-corrected chi connectivity index (χ0v) is 22.6. The first-order valence-electron chi connectivity index (χ1n) is 12.1. The molecule has 2 aliphatic heterocycles. The van der Waals surface area contributed by atoms with Gasteiger partial charge in [0.2, 0.25) is 5.95 Å². The van der Waals surface area contributed by atoms with Crippen LogP contribution in [0.25, 0.3) is 0 Å². The molecule has 5 rings (SSSR count). The third-order valence-corrected chi connectivity index (χ3v) is 7.13. The normalized spacial score (nSPS) is 19.9. The number of ether oxygens (including phenoxy) is 1. The summed E-state index contributed by atoms with van der Waals surface area (Å²) in [6.45, 7) is 5.44. The quantitative estimate of drug-likeness (QED) is 0.130. The Morgan fingerprint density at radius 1 is 1.19 bits per heavy atom. The molecule has 12 heteroatoms. The van der Waals surface area contributed by atoms with Gasteiger partial charge in [-0.1, -0.05) is 35.6 Å². The first kappa shape index (κ1) is 25.7. The lowest BCUT2D eigenvalue weighted by molar-refractivity contribution is 0.122. The van der Waals surface area contributed by atoms with Crippen LogP contribution in [-0.4, -0.2) is 54.0 Å². The van der Waals surface area contributed by atoms with Crippen molar-refractivity contribution < 1.29 is 9.13 Å². The van der Waals surface area contributed by atoms with Crippen molar-refractivity contribution >= 4 is 51.9 Å². The number of halogens is 2. The van der Waals surface area contributed by atoms with Gasteiger partial charge in [-0.05, 0) is 41.3 Å². The lowest BCUT2D eigenvalue weighted by Gasteiger charge is -2.27. The Bertz CT molecular complexity index is 1240. The van der Waals surface area contributed by atoms with E-state index >= 15 is 0 Å². The van der Waals surface area contributed by atoms with Crippen molar-refractivity contribution in [3.8, 4) is 0 Å². The number of nitrogens with zero attached hydrogens (tertiary/aromatic N) is 5. The molecule has 10 nitrogen and oxygen atoms in total. The minimum atomic E-state index is -0.469. The second kappa shape index (κ2) is 12.1. The second-order valence-corrected chi connectivity index (χ2v) is 9.77. The highest BCUT2D eigenvalue weighted by atomic mass is 127. The van der Waals surface area contributed by atoms with Crippen molar-refractivity contribution in [2.75, 3.05) is 48.5 Å². The summed E-state index contributed by atoms with van der Waals surface area (Å²) >= 11 is 2.39. The number of morpholine rings is 1. The van der Waals surface area contributed by atoms with Gasteiger partial charge in [-0.15, -0.1) is 0 Å². The maximum absolute atomic E-state index is 14.2. The number of hydrogen-bond donors (Lipinski definition) is 4. The summed E-state index contributed by atoms with van der Waals surface area (Å²) < 4.78 is 20.5. The van der Waals surface area contributed by atoms with E-state index in [1.165, 1.54) is 11.1 Å². The van der Waals surface area contributed by atoms with E-state index in [0.29, 0.717) is 37.9 Å². The molecule has 1 aromatic carbocycles. The van der Waals surface area contributed by atoms with Gasteiger partial charge >= 0.3 is 0 Å². The number of rotatable bonds is 8. The fraction of sp³-hybridized carbons (Fsp3) is 0.360. The van der Waals surface area contributed by atoms with Crippen LogP contribution in [0.15, 0.2) is 47.8 Å². The molecule has 0 radical (unpaired) electrons. The number of benzene rings is 1. The second-order valence-electron chi connectivity index (χ2n) is 9.01. The molecular formula is C25H29FIN9O. The molecule has 0 bridgehead atoms. The van der Waals surface area contributed by atoms with E-state index in [-0.39, 0.29) is 17.8 Å². The van der Waals surface area contributed by atoms with E-state index in [4.69, 9.17) is 4.74 Å². The van der Waals surface area contributed by atoms with Crippen LogP contribution in [-0.2, 0) is 9.16 Å². The number of nitrogens with one attached hydrogen (secondary N) is 4. The van der Waals surface area contributed by atoms with Crippen LogP contribution in [0.4, 0.5) is 27.5 Å². The molecule has 194 valence electrons. The Hall–Kier alpha value is -2.94. The molecule has 3 aromatic rings. The van der Waals surface area contributed by atoms with E-state index in [0.717, 1.165) is 28.5 Å². The van der Waals surface area contributed by atoms with Gasteiger partial charge in [-0.3, -0.25) is 15.8 Å². The first-order chi connectivity index (χ1) is 18.1. The van der Waals surface area contributed by atoms with Crippen LogP contribution in [0.1, 0.15) is 29.8 Å². The molecule has 2 aliphatic rings. The van der Waals surface area contributed by atoms with Gasteiger partial charge in [0.05, 0.1) is 49.2 Å². The Morgan fingerprint density at radius 3 is 2.78 bits per heavy atom. The van der Waals surface area contributed by atoms with E-state index in [1.807, 2.05) is 17.0 Å². The monoisotopic (exact) mass is 617 g/mol. The predicted molar refractivity (Wildman–Crippen MR) is 151 cm³/mol. The van der Waals surface area contributed by atoms with Gasteiger partial charge in [-0.25, -0.2) is 14.8 Å². The smallest absolute Gasteiger partial charge is 0.245 e. The van der Waals surface area contributed by atoms with Crippen LogP contribution in [0.3, 0.4) is 0 Å². The number of hydrazone groups is 1. The van der Waals surface area contributed by atoms with Gasteiger partial charge in [-0.2, -0.15) is 10.1 Å². The number of hydrogen-bond acceptors (Lipinski definition) is 10. The maximum Gasteiger partial charge on any atom is 0.245 e. The molecule has 2 fully saturated rings. The van der Waals surface area contributed by atoms with E-state index < -0.39 is 5.82 Å². The SMILES string of the molecule is CC1CNNC1c1cc(CI)cc(Nc2ccc(/C=N/Nc3ncc(F)c(N4CCOCC4)n3)nc2)c1. The van der Waals surface area contributed by atoms with Crippen LogP contribution in [0.5, 0.6) is 0 Å². The van der Waals surface area contributed by atoms with E-state index in [9.17, 15) is 4.39 Å². The average molecular weight is 617 g/mol. The summed E-state index contributed by atoms with van der Waals surface area (Å²) in [6, 6.07) is 10.7. The van der Waals surface area contributed by atoms with Gasteiger partial charge in [0.1, 0.15) is 0 Å². The number of alkyl halides is 1. The molecule has 0 amide bonds. The Kier molecular flexibility index (Phi) is 8.38. The van der Waals surface area contributed by atoms with Gasteiger partial charge < -0.3 is 15.0 Å². The average Bonchev–Trinajstić information content (AvgIpc) is 3.36. The van der Waals surface area contributed by atoms with E-state index in [1.54, 1.807) is 12.4 Å². The van der Waals surface area contributed by atoms with Crippen molar-refractivity contribution in [3.63, 3.8) is 0 Å². The summed E-state index contributed by atoms with van der Waals surface area (Å²) in [7, 11) is 0. The topological polar surface area (TPSA) is 112 Å². The summed E-state index contributed by atoms with van der Waals surface area (Å²) in [6.07, 6.45) is 4.48. The largest absolute Gasteiger partial charge is 0.378 e. The molecule has 2 aromatic heterocycles. The Labute approximate surface area is 228 Å². The van der Waals surface area contributed by atoms with Crippen molar-refractivity contribution in [3.05, 3.63) is 65.4 Å². The first-order valence-corrected chi connectivity index (χ1v) is 13.7. The van der Waals surface area contributed by atoms with Crippen LogP contribution >= 0.6 is 22.6 Å². The molecule has 2 unspecified atom stereocenters. The Balaban J connectivity index is 1.22. The highest BCUT2D eigenvalue weighted by molar-refractivity contribution is 14.1. The number of aromatic nitrogens is 3. The molecule has 2 atom stereocenters. The summed E-state index contributed by atoms with van der Waals surface area (Å²) in [5.74, 6) is 0.499. The van der Waals surface area contributed by atoms with Crippen LogP contribution < -0.4 is 26.5 Å². The number of anilines is 4. The third kappa shape index (κ3) is 6.50. The lowest BCUT2D eigenvalue weighted by atomic mass is 9.95. The highest BCUT2D eigenvalue weighted by Gasteiger charge is 2.25. The predicted octanol–water partition coefficient (Wildman–Crippen LogP) is 3.76. The molecule has 0 saturated carbocycles. The Morgan fingerprint density at radius 2 is 2.05 bits per heavy atom. The minimum absolute atomic E-state index is 0.213. The summed E-state index contributed by atoms with van der Waals surface area (Å²) in [5.41, 5.74) is 14.5. The zero-order valence-electron chi connectivity index (χ0n) is 20.4. The maximum atomic E-state index is 14.2. The van der Waals surface area contributed by atoms with Crippen molar-refractivity contribution in [1.29, 1.82) is 0 Å².